The molecule has 1 aromatic rings. The molecule has 2 atom stereocenters. The molecule has 3 rings (SSSR count). The Morgan fingerprint density at radius 3 is 3.14 bits per heavy atom. The summed E-state index contributed by atoms with van der Waals surface area (Å²) in [7, 11) is 0. The zero-order valence-corrected chi connectivity index (χ0v) is 7.86. The molecule has 4 heteroatoms. The summed E-state index contributed by atoms with van der Waals surface area (Å²) >= 11 is 0. The zero-order chi connectivity index (χ0) is 9.43. The van der Waals surface area contributed by atoms with Crippen molar-refractivity contribution in [3.8, 4) is 0 Å². The Balaban J connectivity index is 2.03. The van der Waals surface area contributed by atoms with E-state index >= 15 is 0 Å². The summed E-state index contributed by atoms with van der Waals surface area (Å²) in [5, 5.41) is 3.40. The van der Waals surface area contributed by atoms with Gasteiger partial charge in [0.1, 0.15) is 0 Å². The average Bonchev–Trinajstić information content (AvgIpc) is 2.77. The lowest BCUT2D eigenvalue weighted by Gasteiger charge is -2.26. The third kappa shape index (κ3) is 1.02. The van der Waals surface area contributed by atoms with E-state index in [1.165, 1.54) is 5.56 Å². The van der Waals surface area contributed by atoms with E-state index in [-0.39, 0.29) is 5.54 Å². The van der Waals surface area contributed by atoms with Gasteiger partial charge in [-0.2, -0.15) is 5.48 Å². The summed E-state index contributed by atoms with van der Waals surface area (Å²) in [6.07, 6.45) is 3.67. The minimum absolute atomic E-state index is 0.0249. The van der Waals surface area contributed by atoms with Crippen molar-refractivity contribution in [2.75, 3.05) is 19.7 Å². The molecular weight excluding hydrogens is 178 g/mol. The Morgan fingerprint density at radius 2 is 2.29 bits per heavy atom. The molecule has 3 heterocycles. The average molecular weight is 191 g/mol. The van der Waals surface area contributed by atoms with Gasteiger partial charge in [-0.15, -0.1) is 0 Å². The quantitative estimate of drug-likeness (QED) is 0.657. The molecular formula is C10H13N3O. The van der Waals surface area contributed by atoms with Crippen molar-refractivity contribution >= 4 is 0 Å². The molecule has 0 amide bonds. The van der Waals surface area contributed by atoms with Crippen LogP contribution >= 0.6 is 0 Å². The minimum Gasteiger partial charge on any atom is -0.314 e. The van der Waals surface area contributed by atoms with Gasteiger partial charge in [-0.1, -0.05) is 0 Å². The molecule has 2 aliphatic heterocycles. The van der Waals surface area contributed by atoms with E-state index in [1.807, 2.05) is 12.4 Å². The highest BCUT2D eigenvalue weighted by molar-refractivity contribution is 5.26. The van der Waals surface area contributed by atoms with E-state index < -0.39 is 0 Å². The fraction of sp³-hybridized carbons (Fsp3) is 0.500. The number of hydrogen-bond donors (Lipinski definition) is 2. The summed E-state index contributed by atoms with van der Waals surface area (Å²) < 4.78 is 0. The Kier molecular flexibility index (Phi) is 1.80. The maximum Gasteiger partial charge on any atom is 0.0868 e. The highest BCUT2D eigenvalue weighted by atomic mass is 16.7. The second-order valence-corrected chi connectivity index (χ2v) is 3.95. The zero-order valence-electron chi connectivity index (χ0n) is 7.86. The smallest absolute Gasteiger partial charge is 0.0868 e. The second kappa shape index (κ2) is 3.02. The number of pyridine rings is 1. The molecule has 0 aliphatic carbocycles. The van der Waals surface area contributed by atoms with Crippen LogP contribution in [-0.2, 0) is 10.4 Å². The first-order chi connectivity index (χ1) is 6.92. The summed E-state index contributed by atoms with van der Waals surface area (Å²) in [6, 6.07) is 4.11. The van der Waals surface area contributed by atoms with Crippen molar-refractivity contribution in [2.45, 2.75) is 5.54 Å². The van der Waals surface area contributed by atoms with Crippen LogP contribution in [0.1, 0.15) is 5.56 Å². The van der Waals surface area contributed by atoms with Crippen molar-refractivity contribution in [2.24, 2.45) is 5.92 Å². The van der Waals surface area contributed by atoms with Crippen LogP contribution in [0.3, 0.4) is 0 Å². The molecule has 0 spiro atoms. The molecule has 0 unspecified atom stereocenters. The van der Waals surface area contributed by atoms with Crippen LogP contribution in [0.15, 0.2) is 24.5 Å². The summed E-state index contributed by atoms with van der Waals surface area (Å²) in [6.45, 7) is 2.74. The van der Waals surface area contributed by atoms with Gasteiger partial charge in [0.15, 0.2) is 0 Å². The Labute approximate surface area is 82.6 Å². The van der Waals surface area contributed by atoms with Gasteiger partial charge in [0, 0.05) is 31.4 Å². The molecule has 2 N–H and O–H groups in total. The molecule has 2 fully saturated rings. The van der Waals surface area contributed by atoms with E-state index in [0.717, 1.165) is 19.7 Å². The highest BCUT2D eigenvalue weighted by Crippen LogP contribution is 2.36. The number of nitrogens with zero attached hydrogens (tertiary/aromatic N) is 1. The number of hydroxylamine groups is 1. The van der Waals surface area contributed by atoms with E-state index in [1.54, 1.807) is 0 Å². The van der Waals surface area contributed by atoms with Gasteiger partial charge in [0.25, 0.3) is 0 Å². The standard InChI is InChI=1S/C10H13N3O/c1-3-11-4-2-8(1)10-7-12-5-9(10)6-14-13-10/h1-4,9,12-13H,5-7H2/t9-,10+/m1/s1. The number of nitrogens with one attached hydrogen (secondary N) is 2. The van der Waals surface area contributed by atoms with Crippen LogP contribution in [-0.4, -0.2) is 24.7 Å². The predicted octanol–water partition coefficient (Wildman–Crippen LogP) is 0.0311. The van der Waals surface area contributed by atoms with Crippen LogP contribution in [0.2, 0.25) is 0 Å². The van der Waals surface area contributed by atoms with Crippen molar-refractivity contribution < 1.29 is 4.84 Å². The normalized spacial score (nSPS) is 35.9. The van der Waals surface area contributed by atoms with Crippen molar-refractivity contribution in [3.63, 3.8) is 0 Å². The fourth-order valence-corrected chi connectivity index (χ4v) is 2.40. The van der Waals surface area contributed by atoms with Crippen molar-refractivity contribution in [1.29, 1.82) is 0 Å². The van der Waals surface area contributed by atoms with Gasteiger partial charge < -0.3 is 10.2 Å². The summed E-state index contributed by atoms with van der Waals surface area (Å²) in [4.78, 5) is 9.40. The molecule has 0 aromatic carbocycles. The lowest BCUT2D eigenvalue weighted by molar-refractivity contribution is 0.0599. The second-order valence-electron chi connectivity index (χ2n) is 3.95. The largest absolute Gasteiger partial charge is 0.314 e. The molecule has 2 aliphatic rings. The Bertz CT molecular complexity index is 317. The van der Waals surface area contributed by atoms with E-state index in [2.05, 4.69) is 27.9 Å². The first kappa shape index (κ1) is 8.35. The molecule has 0 saturated carbocycles. The molecule has 0 radical (unpaired) electrons. The fourth-order valence-electron chi connectivity index (χ4n) is 2.40. The molecule has 74 valence electrons. The number of rotatable bonds is 1. The van der Waals surface area contributed by atoms with Crippen LogP contribution in [0, 0.1) is 5.92 Å². The third-order valence-corrected chi connectivity index (χ3v) is 3.23. The van der Waals surface area contributed by atoms with Gasteiger partial charge in [-0.3, -0.25) is 4.98 Å². The molecule has 4 nitrogen and oxygen atoms in total. The Morgan fingerprint density at radius 1 is 1.43 bits per heavy atom. The maximum absolute atomic E-state index is 5.36. The van der Waals surface area contributed by atoms with Crippen LogP contribution in [0.4, 0.5) is 0 Å². The van der Waals surface area contributed by atoms with Crippen molar-refractivity contribution in [3.05, 3.63) is 30.1 Å². The van der Waals surface area contributed by atoms with Crippen LogP contribution < -0.4 is 10.8 Å². The monoisotopic (exact) mass is 191 g/mol. The molecule has 0 bridgehead atoms. The van der Waals surface area contributed by atoms with Gasteiger partial charge >= 0.3 is 0 Å². The lowest BCUT2D eigenvalue weighted by Crippen LogP contribution is -2.42. The lowest BCUT2D eigenvalue weighted by atomic mass is 9.83. The van der Waals surface area contributed by atoms with E-state index in [9.17, 15) is 0 Å². The minimum atomic E-state index is -0.0249. The van der Waals surface area contributed by atoms with Crippen LogP contribution in [0.25, 0.3) is 0 Å². The molecule has 2 saturated heterocycles. The number of fused-ring (bicyclic) bond motifs is 1. The predicted molar refractivity (Wildman–Crippen MR) is 51.4 cm³/mol. The highest BCUT2D eigenvalue weighted by Gasteiger charge is 2.48. The first-order valence-corrected chi connectivity index (χ1v) is 4.92. The first-order valence-electron chi connectivity index (χ1n) is 4.92. The van der Waals surface area contributed by atoms with E-state index in [4.69, 9.17) is 4.84 Å². The van der Waals surface area contributed by atoms with Gasteiger partial charge in [0.05, 0.1) is 12.1 Å². The third-order valence-electron chi connectivity index (χ3n) is 3.23. The Hall–Kier alpha value is -0.970. The maximum atomic E-state index is 5.36. The van der Waals surface area contributed by atoms with Gasteiger partial charge in [0.2, 0.25) is 0 Å². The SMILES string of the molecule is c1cc([C@@]23CNC[C@@H]2CON3)ccn1. The molecule has 14 heavy (non-hydrogen) atoms. The van der Waals surface area contributed by atoms with E-state index in [0.29, 0.717) is 5.92 Å². The summed E-state index contributed by atoms with van der Waals surface area (Å²) in [5.74, 6) is 0.532. The van der Waals surface area contributed by atoms with Gasteiger partial charge in [-0.25, -0.2) is 0 Å². The number of aromatic nitrogens is 1. The summed E-state index contributed by atoms with van der Waals surface area (Å²) in [5.41, 5.74) is 4.40. The molecule has 1 aromatic heterocycles. The van der Waals surface area contributed by atoms with Crippen molar-refractivity contribution in [1.82, 2.24) is 15.8 Å². The topological polar surface area (TPSA) is 46.2 Å². The van der Waals surface area contributed by atoms with Crippen LogP contribution in [0.5, 0.6) is 0 Å². The number of hydrogen-bond acceptors (Lipinski definition) is 4. The van der Waals surface area contributed by atoms with Gasteiger partial charge in [-0.05, 0) is 17.7 Å².